The summed E-state index contributed by atoms with van der Waals surface area (Å²) < 4.78 is 8.95. The fourth-order valence-electron chi connectivity index (χ4n) is 11.9. The molecule has 0 N–H and O–H groups in total. The van der Waals surface area contributed by atoms with E-state index in [0.29, 0.717) is 0 Å². The molecule has 0 unspecified atom stereocenters. The van der Waals surface area contributed by atoms with Crippen LogP contribution in [0.15, 0.2) is 308 Å². The van der Waals surface area contributed by atoms with Crippen LogP contribution in [-0.4, -0.2) is 4.57 Å². The van der Waals surface area contributed by atoms with E-state index in [-0.39, 0.29) is 0 Å². The third-order valence-corrected chi connectivity index (χ3v) is 15.8. The lowest BCUT2D eigenvalue weighted by molar-refractivity contribution is 0.670. The summed E-state index contributed by atoms with van der Waals surface area (Å²) in [4.78, 5) is 2.34. The average Bonchev–Trinajstić information content (AvgIpc) is 4.28. The van der Waals surface area contributed by atoms with Crippen molar-refractivity contribution in [3.05, 3.63) is 303 Å². The Morgan fingerprint density at radius 3 is 1.34 bits per heavy atom. The molecule has 0 atom stereocenters. The van der Waals surface area contributed by atoms with Crippen LogP contribution >= 0.6 is 0 Å². The van der Waals surface area contributed by atoms with E-state index in [4.69, 9.17) is 4.42 Å². The van der Waals surface area contributed by atoms with E-state index < -0.39 is 0 Å². The van der Waals surface area contributed by atoms with Crippen LogP contribution in [0.1, 0.15) is 0 Å². The number of aromatic nitrogens is 1. The molecule has 15 aromatic rings. The predicted octanol–water partition coefficient (Wildman–Crippen LogP) is 21.3. The van der Waals surface area contributed by atoms with Crippen molar-refractivity contribution >= 4 is 71.6 Å². The van der Waals surface area contributed by atoms with Gasteiger partial charge in [0.1, 0.15) is 11.2 Å². The number of benzene rings is 13. The minimum absolute atomic E-state index is 0.900. The lowest BCUT2D eigenvalue weighted by atomic mass is 9.97. The predicted molar refractivity (Wildman–Crippen MR) is 333 cm³/mol. The quantitative estimate of drug-likeness (QED) is 0.136. The van der Waals surface area contributed by atoms with Crippen molar-refractivity contribution in [3.8, 4) is 72.4 Å². The van der Waals surface area contributed by atoms with E-state index in [0.717, 1.165) is 78.1 Å². The molecule has 0 aliphatic rings. The van der Waals surface area contributed by atoms with E-state index in [1.807, 2.05) is 12.1 Å². The Balaban J connectivity index is 0.789. The van der Waals surface area contributed by atoms with Gasteiger partial charge in [0.15, 0.2) is 0 Å². The molecular formula is C76H50N2O. The number of para-hydroxylation sites is 3. The summed E-state index contributed by atoms with van der Waals surface area (Å²) in [6.07, 6.45) is 0. The summed E-state index contributed by atoms with van der Waals surface area (Å²) in [5, 5.41) is 7.20. The standard InChI is InChI=1S/C76H50N2O/c1-3-15-51(16-4-1)54-33-41-61(42-34-54)77(63-45-37-58(38-46-63)67-25-14-26-71-70-23-10-12-28-75(70)79-76(67)71)62-43-35-55(36-44-62)53-29-31-57(32-30-53)66-22-9-11-27-72(66)78-73-49-59(52-17-5-2-6-18-52)39-47-68(73)69-48-40-60(50-74(69)78)65-24-13-20-56-19-7-8-21-64(56)65/h1-50H. The van der Waals surface area contributed by atoms with Crippen molar-refractivity contribution in [2.24, 2.45) is 0 Å². The molecule has 3 heteroatoms. The number of furan rings is 1. The van der Waals surface area contributed by atoms with Crippen LogP contribution in [0, 0.1) is 0 Å². The Labute approximate surface area is 458 Å². The number of nitrogens with zero attached hydrogens (tertiary/aromatic N) is 2. The molecule has 0 aliphatic heterocycles. The molecular weight excluding hydrogens is 957 g/mol. The van der Waals surface area contributed by atoms with Crippen LogP contribution in [0.5, 0.6) is 0 Å². The van der Waals surface area contributed by atoms with Crippen LogP contribution in [-0.2, 0) is 0 Å². The van der Waals surface area contributed by atoms with Gasteiger partial charge >= 0.3 is 0 Å². The van der Waals surface area contributed by atoms with Gasteiger partial charge in [0.2, 0.25) is 0 Å². The molecule has 15 rings (SSSR count). The summed E-state index contributed by atoms with van der Waals surface area (Å²) in [6, 6.07) is 110. The zero-order valence-electron chi connectivity index (χ0n) is 43.2. The van der Waals surface area contributed by atoms with Gasteiger partial charge in [0, 0.05) is 49.7 Å². The van der Waals surface area contributed by atoms with Crippen LogP contribution in [0.2, 0.25) is 0 Å². The summed E-state index contributed by atoms with van der Waals surface area (Å²) in [7, 11) is 0. The van der Waals surface area contributed by atoms with Gasteiger partial charge in [0.05, 0.1) is 16.7 Å². The van der Waals surface area contributed by atoms with E-state index in [2.05, 4.69) is 301 Å². The summed E-state index contributed by atoms with van der Waals surface area (Å²) >= 11 is 0. The highest BCUT2D eigenvalue weighted by molar-refractivity contribution is 6.13. The van der Waals surface area contributed by atoms with Gasteiger partial charge in [-0.2, -0.15) is 0 Å². The van der Waals surface area contributed by atoms with Gasteiger partial charge in [-0.1, -0.05) is 243 Å². The molecule has 3 nitrogen and oxygen atoms in total. The zero-order valence-corrected chi connectivity index (χ0v) is 43.2. The highest BCUT2D eigenvalue weighted by Gasteiger charge is 2.20. The average molecular weight is 1010 g/mol. The van der Waals surface area contributed by atoms with Gasteiger partial charge in [-0.3, -0.25) is 0 Å². The van der Waals surface area contributed by atoms with Gasteiger partial charge in [0.25, 0.3) is 0 Å². The van der Waals surface area contributed by atoms with Gasteiger partial charge < -0.3 is 13.9 Å². The Bertz CT molecular complexity index is 4720. The van der Waals surface area contributed by atoms with Crippen LogP contribution in [0.3, 0.4) is 0 Å². The lowest BCUT2D eigenvalue weighted by Crippen LogP contribution is -2.09. The summed E-state index contributed by atoms with van der Waals surface area (Å²) in [5.41, 5.74) is 22.5. The molecule has 2 aromatic heterocycles. The largest absolute Gasteiger partial charge is 0.455 e. The molecule has 0 aliphatic carbocycles. The maximum atomic E-state index is 6.46. The van der Waals surface area contributed by atoms with Gasteiger partial charge in [-0.05, 0) is 127 Å². The Morgan fingerprint density at radius 2 is 0.671 bits per heavy atom. The number of hydrogen-bond acceptors (Lipinski definition) is 2. The zero-order chi connectivity index (χ0) is 52.2. The normalized spacial score (nSPS) is 11.5. The monoisotopic (exact) mass is 1010 g/mol. The highest BCUT2D eigenvalue weighted by Crippen LogP contribution is 2.43. The fourth-order valence-corrected chi connectivity index (χ4v) is 11.9. The van der Waals surface area contributed by atoms with Crippen LogP contribution < -0.4 is 4.90 Å². The van der Waals surface area contributed by atoms with E-state index in [1.165, 1.54) is 66.0 Å². The van der Waals surface area contributed by atoms with Crippen LogP contribution in [0.4, 0.5) is 17.1 Å². The van der Waals surface area contributed by atoms with Crippen molar-refractivity contribution in [3.63, 3.8) is 0 Å². The molecule has 79 heavy (non-hydrogen) atoms. The summed E-state index contributed by atoms with van der Waals surface area (Å²) in [5.74, 6) is 0. The first-order valence-corrected chi connectivity index (χ1v) is 27.1. The molecule has 2 heterocycles. The minimum atomic E-state index is 0.900. The van der Waals surface area contributed by atoms with Crippen molar-refractivity contribution in [1.29, 1.82) is 0 Å². The Hall–Kier alpha value is -10.5. The third-order valence-electron chi connectivity index (χ3n) is 15.8. The summed E-state index contributed by atoms with van der Waals surface area (Å²) in [6.45, 7) is 0. The van der Waals surface area contributed by atoms with E-state index in [9.17, 15) is 0 Å². The topological polar surface area (TPSA) is 21.3 Å². The molecule has 0 radical (unpaired) electrons. The van der Waals surface area contributed by atoms with E-state index in [1.54, 1.807) is 0 Å². The van der Waals surface area contributed by atoms with E-state index >= 15 is 0 Å². The first kappa shape index (κ1) is 45.9. The molecule has 0 amide bonds. The SMILES string of the molecule is c1ccc(-c2ccc(N(c3ccc(-c4ccc(-c5ccccc5-n5c6cc(-c7ccccc7)ccc6c6ccc(-c7cccc8ccccc78)cc65)cc4)cc3)c3ccc(-c4cccc5c4oc4ccccc45)cc3)cc2)cc1. The first-order valence-electron chi connectivity index (χ1n) is 27.1. The maximum Gasteiger partial charge on any atom is 0.143 e. The molecule has 0 fully saturated rings. The number of anilines is 3. The van der Waals surface area contributed by atoms with Crippen LogP contribution in [0.25, 0.3) is 127 Å². The second-order valence-corrected chi connectivity index (χ2v) is 20.4. The molecule has 0 spiro atoms. The number of hydrogen-bond donors (Lipinski definition) is 0. The smallest absolute Gasteiger partial charge is 0.143 e. The molecule has 370 valence electrons. The number of fused-ring (bicyclic) bond motifs is 7. The van der Waals surface area contributed by atoms with Crippen molar-refractivity contribution < 1.29 is 4.42 Å². The van der Waals surface area contributed by atoms with Gasteiger partial charge in [-0.25, -0.2) is 0 Å². The molecule has 0 saturated heterocycles. The lowest BCUT2D eigenvalue weighted by Gasteiger charge is -2.26. The van der Waals surface area contributed by atoms with Crippen molar-refractivity contribution in [2.75, 3.05) is 4.90 Å². The van der Waals surface area contributed by atoms with Crippen molar-refractivity contribution in [2.45, 2.75) is 0 Å². The third kappa shape index (κ3) is 8.16. The second-order valence-electron chi connectivity index (χ2n) is 20.4. The fraction of sp³-hybridized carbons (Fsp3) is 0. The molecule has 13 aromatic carbocycles. The Morgan fingerprint density at radius 1 is 0.253 bits per heavy atom. The second kappa shape index (κ2) is 19.3. The van der Waals surface area contributed by atoms with Crippen molar-refractivity contribution in [1.82, 2.24) is 4.57 Å². The maximum absolute atomic E-state index is 6.46. The first-order chi connectivity index (χ1) is 39.2. The van der Waals surface area contributed by atoms with Gasteiger partial charge in [-0.15, -0.1) is 0 Å². The molecule has 0 saturated carbocycles. The number of rotatable bonds is 10. The highest BCUT2D eigenvalue weighted by atomic mass is 16.3. The Kier molecular flexibility index (Phi) is 11.2. The molecule has 0 bridgehead atoms. The minimum Gasteiger partial charge on any atom is -0.455 e.